The van der Waals surface area contributed by atoms with Gasteiger partial charge in [0, 0.05) is 13.6 Å². The highest BCUT2D eigenvalue weighted by Crippen LogP contribution is 2.30. The number of rotatable bonds is 3. The van der Waals surface area contributed by atoms with Crippen LogP contribution in [0.25, 0.3) is 0 Å². The van der Waals surface area contributed by atoms with Crippen LogP contribution in [0.15, 0.2) is 24.3 Å². The summed E-state index contributed by atoms with van der Waals surface area (Å²) in [5.41, 5.74) is 0.624. The fourth-order valence-corrected chi connectivity index (χ4v) is 3.04. The first-order valence-electron chi connectivity index (χ1n) is 5.81. The first-order chi connectivity index (χ1) is 8.82. The molecule has 1 aromatic carbocycles. The van der Waals surface area contributed by atoms with Gasteiger partial charge in [0.05, 0.1) is 17.0 Å². The molecule has 2 rings (SSSR count). The second-order valence-electron chi connectivity index (χ2n) is 4.52. The number of halogens is 1. The quantitative estimate of drug-likeness (QED) is 0.846. The lowest BCUT2D eigenvalue weighted by Gasteiger charge is -2.22. The van der Waals surface area contributed by atoms with E-state index in [9.17, 15) is 13.2 Å². The number of nitrogens with zero attached hydrogens (tertiary/aromatic N) is 2. The van der Waals surface area contributed by atoms with Crippen molar-refractivity contribution in [3.8, 4) is 0 Å². The Morgan fingerprint density at radius 1 is 1.37 bits per heavy atom. The molecular weight excluding hydrogens is 288 g/mol. The van der Waals surface area contributed by atoms with E-state index in [-0.39, 0.29) is 5.91 Å². The van der Waals surface area contributed by atoms with E-state index in [1.54, 1.807) is 24.3 Å². The van der Waals surface area contributed by atoms with Gasteiger partial charge in [-0.25, -0.2) is 8.42 Å². The fourth-order valence-electron chi connectivity index (χ4n) is 2.14. The van der Waals surface area contributed by atoms with Gasteiger partial charge in [-0.05, 0) is 18.6 Å². The van der Waals surface area contributed by atoms with Gasteiger partial charge in [-0.1, -0.05) is 23.7 Å². The van der Waals surface area contributed by atoms with E-state index in [0.29, 0.717) is 23.7 Å². The number of carbonyl (C=O) groups excluding carboxylic acids is 1. The molecule has 1 aliphatic rings. The van der Waals surface area contributed by atoms with Crippen LogP contribution in [0.2, 0.25) is 5.02 Å². The van der Waals surface area contributed by atoms with Crippen LogP contribution in [0.4, 0.5) is 5.69 Å². The molecule has 0 radical (unpaired) electrons. The molecule has 0 N–H and O–H groups in total. The van der Waals surface area contributed by atoms with E-state index < -0.39 is 16.1 Å². The number of hydrogen-bond donors (Lipinski definition) is 0. The van der Waals surface area contributed by atoms with Gasteiger partial charge in [0.2, 0.25) is 15.9 Å². The Morgan fingerprint density at radius 2 is 2.00 bits per heavy atom. The van der Waals surface area contributed by atoms with Crippen LogP contribution in [0.3, 0.4) is 0 Å². The summed E-state index contributed by atoms with van der Waals surface area (Å²) >= 11 is 6.06. The number of amides is 1. The van der Waals surface area contributed by atoms with Crippen LogP contribution in [-0.2, 0) is 14.8 Å². The van der Waals surface area contributed by atoms with Crippen LogP contribution in [0.1, 0.15) is 6.42 Å². The summed E-state index contributed by atoms with van der Waals surface area (Å²) in [6, 6.07) is 6.39. The molecule has 1 heterocycles. The fraction of sp³-hybridized carbons (Fsp3) is 0.417. The molecule has 1 saturated heterocycles. The zero-order valence-corrected chi connectivity index (χ0v) is 12.3. The summed E-state index contributed by atoms with van der Waals surface area (Å²) in [4.78, 5) is 13.8. The summed E-state index contributed by atoms with van der Waals surface area (Å²) in [6.07, 6.45) is 1.56. The first-order valence-corrected chi connectivity index (χ1v) is 8.04. The zero-order valence-electron chi connectivity index (χ0n) is 10.7. The van der Waals surface area contributed by atoms with Gasteiger partial charge in [0.1, 0.15) is 6.04 Å². The topological polar surface area (TPSA) is 57.7 Å². The Kier molecular flexibility index (Phi) is 3.85. The summed E-state index contributed by atoms with van der Waals surface area (Å²) < 4.78 is 24.1. The Morgan fingerprint density at radius 3 is 2.58 bits per heavy atom. The van der Waals surface area contributed by atoms with E-state index in [4.69, 9.17) is 11.6 Å². The smallest absolute Gasteiger partial charge is 0.245 e. The number of anilines is 1. The van der Waals surface area contributed by atoms with Gasteiger partial charge in [-0.2, -0.15) is 4.31 Å². The van der Waals surface area contributed by atoms with Crippen molar-refractivity contribution in [3.05, 3.63) is 29.3 Å². The van der Waals surface area contributed by atoms with Crippen molar-refractivity contribution in [1.29, 1.82) is 0 Å². The van der Waals surface area contributed by atoms with Gasteiger partial charge in [0.25, 0.3) is 0 Å². The number of benzene rings is 1. The molecule has 1 fully saturated rings. The van der Waals surface area contributed by atoms with Crippen LogP contribution in [0, 0.1) is 0 Å². The molecule has 0 spiro atoms. The first kappa shape index (κ1) is 14.3. The number of para-hydroxylation sites is 1. The highest BCUT2D eigenvalue weighted by Gasteiger charge is 2.38. The predicted octanol–water partition coefficient (Wildman–Crippen LogP) is 1.34. The average molecular weight is 303 g/mol. The molecule has 7 heteroatoms. The van der Waals surface area contributed by atoms with Crippen LogP contribution in [0.5, 0.6) is 0 Å². The maximum Gasteiger partial charge on any atom is 0.245 e. The lowest BCUT2D eigenvalue weighted by Crippen LogP contribution is -2.42. The van der Waals surface area contributed by atoms with Crippen molar-refractivity contribution in [2.24, 2.45) is 0 Å². The van der Waals surface area contributed by atoms with Crippen molar-refractivity contribution in [3.63, 3.8) is 0 Å². The van der Waals surface area contributed by atoms with E-state index >= 15 is 0 Å². The third-order valence-electron chi connectivity index (χ3n) is 3.28. The maximum absolute atomic E-state index is 12.3. The standard InChI is InChI=1S/C12H15ClN2O3S/c1-14(19(2,17)18)11-7-8-15(12(11)16)10-6-4-3-5-9(10)13/h3-6,11H,7-8H2,1-2H3. The normalized spacial score (nSPS) is 20.3. The Balaban J connectivity index is 2.26. The van der Waals surface area contributed by atoms with Crippen molar-refractivity contribution in [1.82, 2.24) is 4.31 Å². The molecular formula is C12H15ClN2O3S. The second kappa shape index (κ2) is 5.11. The van der Waals surface area contributed by atoms with Gasteiger partial charge in [-0.15, -0.1) is 0 Å². The van der Waals surface area contributed by atoms with Crippen molar-refractivity contribution in [2.45, 2.75) is 12.5 Å². The van der Waals surface area contributed by atoms with E-state index in [2.05, 4.69) is 0 Å². The Labute approximate surface area is 117 Å². The molecule has 1 unspecified atom stereocenters. The number of hydrogen-bond acceptors (Lipinski definition) is 3. The minimum atomic E-state index is -3.38. The molecule has 19 heavy (non-hydrogen) atoms. The molecule has 1 aromatic rings. The molecule has 1 atom stereocenters. The predicted molar refractivity (Wildman–Crippen MR) is 74.8 cm³/mol. The van der Waals surface area contributed by atoms with Gasteiger partial charge in [0.15, 0.2) is 0 Å². The molecule has 0 saturated carbocycles. The zero-order chi connectivity index (χ0) is 14.2. The number of likely N-dealkylation sites (N-methyl/N-ethyl adjacent to an activating group) is 1. The molecule has 1 amide bonds. The average Bonchev–Trinajstić information content (AvgIpc) is 2.69. The van der Waals surface area contributed by atoms with E-state index in [1.165, 1.54) is 11.9 Å². The van der Waals surface area contributed by atoms with Gasteiger partial charge in [-0.3, -0.25) is 4.79 Å². The molecule has 104 valence electrons. The highest BCUT2D eigenvalue weighted by molar-refractivity contribution is 7.88. The van der Waals surface area contributed by atoms with E-state index in [0.717, 1.165) is 10.6 Å². The molecule has 5 nitrogen and oxygen atoms in total. The number of sulfonamides is 1. The SMILES string of the molecule is CN(C1CCN(c2ccccc2Cl)C1=O)S(C)(=O)=O. The Bertz CT molecular complexity index is 603. The van der Waals surface area contributed by atoms with Crippen LogP contribution in [-0.4, -0.2) is 44.5 Å². The minimum absolute atomic E-state index is 0.235. The second-order valence-corrected chi connectivity index (χ2v) is 6.97. The summed E-state index contributed by atoms with van der Waals surface area (Å²) in [7, 11) is -1.96. The largest absolute Gasteiger partial charge is 0.309 e. The van der Waals surface area contributed by atoms with Crippen LogP contribution >= 0.6 is 11.6 Å². The molecule has 0 aliphatic carbocycles. The lowest BCUT2D eigenvalue weighted by atomic mass is 10.2. The third-order valence-corrected chi connectivity index (χ3v) is 4.90. The lowest BCUT2D eigenvalue weighted by molar-refractivity contribution is -0.120. The van der Waals surface area contributed by atoms with Gasteiger partial charge < -0.3 is 4.90 Å². The molecule has 0 aromatic heterocycles. The van der Waals surface area contributed by atoms with Crippen molar-refractivity contribution in [2.75, 3.05) is 24.7 Å². The van der Waals surface area contributed by atoms with E-state index in [1.807, 2.05) is 0 Å². The number of carbonyl (C=O) groups is 1. The van der Waals surface area contributed by atoms with Crippen molar-refractivity contribution < 1.29 is 13.2 Å². The minimum Gasteiger partial charge on any atom is -0.309 e. The Hall–Kier alpha value is -1.11. The van der Waals surface area contributed by atoms with Crippen molar-refractivity contribution >= 4 is 33.2 Å². The highest BCUT2D eigenvalue weighted by atomic mass is 35.5. The summed E-state index contributed by atoms with van der Waals surface area (Å²) in [5.74, 6) is -0.235. The van der Waals surface area contributed by atoms with Crippen LogP contribution < -0.4 is 4.90 Å². The monoisotopic (exact) mass is 302 g/mol. The molecule has 0 bridgehead atoms. The summed E-state index contributed by atoms with van der Waals surface area (Å²) in [6.45, 7) is 0.465. The maximum atomic E-state index is 12.3. The molecule has 1 aliphatic heterocycles. The summed E-state index contributed by atoms with van der Waals surface area (Å²) in [5, 5.41) is 0.485. The third kappa shape index (κ3) is 2.75. The van der Waals surface area contributed by atoms with Gasteiger partial charge >= 0.3 is 0 Å².